The van der Waals surface area contributed by atoms with Crippen molar-refractivity contribution in [2.75, 3.05) is 11.1 Å². The second-order valence-electron chi connectivity index (χ2n) is 5.00. The molecule has 0 bridgehead atoms. The molecular formula is C18H14FN3O2. The van der Waals surface area contributed by atoms with Crippen molar-refractivity contribution in [1.82, 2.24) is 4.98 Å². The van der Waals surface area contributed by atoms with E-state index in [2.05, 4.69) is 10.3 Å². The predicted molar refractivity (Wildman–Crippen MR) is 90.1 cm³/mol. The summed E-state index contributed by atoms with van der Waals surface area (Å²) in [6, 6.07) is 16.0. The number of carbonyl (C=O) groups excluding carboxylic acids is 1. The van der Waals surface area contributed by atoms with Gasteiger partial charge in [-0.1, -0.05) is 12.1 Å². The minimum absolute atomic E-state index is 0.353. The Bertz CT molecular complexity index is 849. The molecule has 0 unspecified atom stereocenters. The molecule has 1 amide bonds. The van der Waals surface area contributed by atoms with Crippen LogP contribution < -0.4 is 15.8 Å². The fraction of sp³-hybridized carbons (Fsp3) is 0. The first-order valence-corrected chi connectivity index (χ1v) is 7.17. The van der Waals surface area contributed by atoms with Gasteiger partial charge in [-0.2, -0.15) is 0 Å². The molecule has 120 valence electrons. The van der Waals surface area contributed by atoms with Crippen molar-refractivity contribution in [2.24, 2.45) is 0 Å². The van der Waals surface area contributed by atoms with Gasteiger partial charge in [0.25, 0.3) is 0 Å². The van der Waals surface area contributed by atoms with Gasteiger partial charge in [-0.05, 0) is 48.5 Å². The van der Waals surface area contributed by atoms with Crippen LogP contribution in [0.2, 0.25) is 0 Å². The maximum absolute atomic E-state index is 13.7. The van der Waals surface area contributed by atoms with E-state index in [4.69, 9.17) is 10.5 Å². The van der Waals surface area contributed by atoms with Gasteiger partial charge in [-0.15, -0.1) is 0 Å². The third kappa shape index (κ3) is 3.67. The molecule has 0 aliphatic heterocycles. The molecular weight excluding hydrogens is 309 g/mol. The molecule has 0 fully saturated rings. The molecule has 0 saturated heterocycles. The van der Waals surface area contributed by atoms with Crippen molar-refractivity contribution >= 4 is 17.5 Å². The number of benzene rings is 2. The molecule has 0 saturated carbocycles. The van der Waals surface area contributed by atoms with Crippen LogP contribution in [0, 0.1) is 5.82 Å². The Morgan fingerprint density at radius 2 is 1.79 bits per heavy atom. The van der Waals surface area contributed by atoms with Crippen LogP contribution in [0.25, 0.3) is 11.3 Å². The second-order valence-corrected chi connectivity index (χ2v) is 5.00. The zero-order valence-electron chi connectivity index (χ0n) is 12.6. The van der Waals surface area contributed by atoms with Crippen LogP contribution in [-0.4, -0.2) is 11.1 Å². The number of hydrogen-bond acceptors (Lipinski definition) is 4. The van der Waals surface area contributed by atoms with Crippen molar-refractivity contribution < 1.29 is 13.9 Å². The van der Waals surface area contributed by atoms with Crippen molar-refractivity contribution in [3.8, 4) is 17.0 Å². The first-order chi connectivity index (χ1) is 11.6. The number of ether oxygens (including phenoxy) is 1. The lowest BCUT2D eigenvalue weighted by Crippen LogP contribution is -2.16. The molecule has 5 nitrogen and oxygen atoms in total. The number of carbonyl (C=O) groups is 1. The van der Waals surface area contributed by atoms with E-state index in [1.807, 2.05) is 0 Å². The largest absolute Gasteiger partial charge is 0.417 e. The summed E-state index contributed by atoms with van der Waals surface area (Å²) < 4.78 is 18.8. The van der Waals surface area contributed by atoms with Crippen LogP contribution in [0.1, 0.15) is 0 Å². The SMILES string of the molecule is Nc1ccc(OC(=O)Nc2ccc(-c3ccccc3F)nc2)cc1. The average Bonchev–Trinajstić information content (AvgIpc) is 2.58. The van der Waals surface area contributed by atoms with Crippen LogP contribution in [0.15, 0.2) is 66.9 Å². The van der Waals surface area contributed by atoms with E-state index in [0.717, 1.165) is 0 Å². The van der Waals surface area contributed by atoms with Gasteiger partial charge in [-0.3, -0.25) is 10.3 Å². The Hall–Kier alpha value is -3.41. The maximum atomic E-state index is 13.7. The zero-order valence-corrected chi connectivity index (χ0v) is 12.6. The second kappa shape index (κ2) is 6.78. The maximum Gasteiger partial charge on any atom is 0.417 e. The molecule has 6 heteroatoms. The molecule has 0 radical (unpaired) electrons. The molecule has 3 aromatic rings. The predicted octanol–water partition coefficient (Wildman–Crippen LogP) is 4.08. The van der Waals surface area contributed by atoms with E-state index in [9.17, 15) is 9.18 Å². The summed E-state index contributed by atoms with van der Waals surface area (Å²) in [4.78, 5) is 16.0. The summed E-state index contributed by atoms with van der Waals surface area (Å²) in [5, 5.41) is 2.55. The minimum atomic E-state index is -0.653. The Morgan fingerprint density at radius 1 is 1.04 bits per heavy atom. The lowest BCUT2D eigenvalue weighted by molar-refractivity contribution is 0.215. The first kappa shape index (κ1) is 15.5. The Balaban J connectivity index is 1.67. The molecule has 3 rings (SSSR count). The molecule has 1 heterocycles. The summed E-state index contributed by atoms with van der Waals surface area (Å²) in [5.41, 5.74) is 7.46. The summed E-state index contributed by atoms with van der Waals surface area (Å²) in [6.07, 6.45) is 0.784. The molecule has 0 spiro atoms. The van der Waals surface area contributed by atoms with E-state index in [-0.39, 0.29) is 5.82 Å². The van der Waals surface area contributed by atoms with Gasteiger partial charge in [0.1, 0.15) is 11.6 Å². The van der Waals surface area contributed by atoms with Crippen LogP contribution in [-0.2, 0) is 0 Å². The van der Waals surface area contributed by atoms with Gasteiger partial charge in [0, 0.05) is 11.3 Å². The monoisotopic (exact) mass is 323 g/mol. The lowest BCUT2D eigenvalue weighted by atomic mass is 10.1. The van der Waals surface area contributed by atoms with Gasteiger partial charge >= 0.3 is 6.09 Å². The molecule has 2 aromatic carbocycles. The normalized spacial score (nSPS) is 10.2. The van der Waals surface area contributed by atoms with Crippen molar-refractivity contribution in [1.29, 1.82) is 0 Å². The van der Waals surface area contributed by atoms with Crippen LogP contribution in [0.5, 0.6) is 5.75 Å². The van der Waals surface area contributed by atoms with E-state index >= 15 is 0 Å². The molecule has 1 aromatic heterocycles. The number of nitrogens with one attached hydrogen (secondary N) is 1. The van der Waals surface area contributed by atoms with E-state index in [0.29, 0.717) is 28.4 Å². The number of halogens is 1. The highest BCUT2D eigenvalue weighted by molar-refractivity contribution is 5.86. The number of nitrogens with zero attached hydrogens (tertiary/aromatic N) is 1. The third-order valence-electron chi connectivity index (χ3n) is 3.25. The summed E-state index contributed by atoms with van der Waals surface area (Å²) >= 11 is 0. The molecule has 24 heavy (non-hydrogen) atoms. The Morgan fingerprint density at radius 3 is 2.46 bits per heavy atom. The number of pyridine rings is 1. The standard InChI is InChI=1S/C18H14FN3O2/c19-16-4-2-1-3-15(16)17-10-7-13(11-21-17)22-18(23)24-14-8-5-12(20)6-9-14/h1-11H,20H2,(H,22,23). The lowest BCUT2D eigenvalue weighted by Gasteiger charge is -2.07. The minimum Gasteiger partial charge on any atom is -0.410 e. The molecule has 0 aliphatic carbocycles. The fourth-order valence-electron chi connectivity index (χ4n) is 2.08. The number of amides is 1. The summed E-state index contributed by atoms with van der Waals surface area (Å²) in [7, 11) is 0. The van der Waals surface area contributed by atoms with Gasteiger partial charge in [0.05, 0.1) is 17.6 Å². The van der Waals surface area contributed by atoms with Crippen LogP contribution in [0.4, 0.5) is 20.6 Å². The van der Waals surface area contributed by atoms with E-state index in [1.54, 1.807) is 54.6 Å². The number of nitrogen functional groups attached to an aromatic ring is 1. The Kier molecular flexibility index (Phi) is 4.38. The van der Waals surface area contributed by atoms with Gasteiger partial charge in [0.15, 0.2) is 0 Å². The van der Waals surface area contributed by atoms with E-state index < -0.39 is 6.09 Å². The van der Waals surface area contributed by atoms with Crippen molar-refractivity contribution in [2.45, 2.75) is 0 Å². The first-order valence-electron chi connectivity index (χ1n) is 7.17. The third-order valence-corrected chi connectivity index (χ3v) is 3.25. The highest BCUT2D eigenvalue weighted by Gasteiger charge is 2.08. The fourth-order valence-corrected chi connectivity index (χ4v) is 2.08. The highest BCUT2D eigenvalue weighted by Crippen LogP contribution is 2.21. The Labute approximate surface area is 137 Å². The number of nitrogens with two attached hydrogens (primary N) is 1. The molecule has 0 aliphatic rings. The van der Waals surface area contributed by atoms with Gasteiger partial charge < -0.3 is 10.5 Å². The van der Waals surface area contributed by atoms with Crippen LogP contribution in [0.3, 0.4) is 0 Å². The number of anilines is 2. The summed E-state index contributed by atoms with van der Waals surface area (Å²) in [5.74, 6) is 0.0195. The average molecular weight is 323 g/mol. The van der Waals surface area contributed by atoms with Gasteiger partial charge in [0.2, 0.25) is 0 Å². The van der Waals surface area contributed by atoms with Gasteiger partial charge in [-0.25, -0.2) is 9.18 Å². The topological polar surface area (TPSA) is 77.2 Å². The van der Waals surface area contributed by atoms with E-state index in [1.165, 1.54) is 12.3 Å². The number of rotatable bonds is 3. The quantitative estimate of drug-likeness (QED) is 0.712. The molecule has 3 N–H and O–H groups in total. The highest BCUT2D eigenvalue weighted by atomic mass is 19.1. The van der Waals surface area contributed by atoms with Crippen molar-refractivity contribution in [3.05, 3.63) is 72.7 Å². The smallest absolute Gasteiger partial charge is 0.410 e. The zero-order chi connectivity index (χ0) is 16.9. The van der Waals surface area contributed by atoms with Crippen LogP contribution >= 0.6 is 0 Å². The number of hydrogen-bond donors (Lipinski definition) is 2. The summed E-state index contributed by atoms with van der Waals surface area (Å²) in [6.45, 7) is 0. The van der Waals surface area contributed by atoms with Crippen molar-refractivity contribution in [3.63, 3.8) is 0 Å². The molecule has 0 atom stereocenters. The number of aromatic nitrogens is 1.